The van der Waals surface area contributed by atoms with Gasteiger partial charge in [0.1, 0.15) is 11.7 Å². The van der Waals surface area contributed by atoms with Crippen molar-refractivity contribution in [1.29, 1.82) is 0 Å². The first-order chi connectivity index (χ1) is 14.2. The number of hydrogen-bond donors (Lipinski definition) is 2. The molecule has 0 aliphatic carbocycles. The Morgan fingerprint density at radius 1 is 1.30 bits per heavy atom. The molecule has 2 aromatic rings. The Balaban J connectivity index is 1.90. The number of anilines is 2. The number of amides is 1. The highest BCUT2D eigenvalue weighted by Crippen LogP contribution is 2.38. The first-order valence-electron chi connectivity index (χ1n) is 9.34. The van der Waals surface area contributed by atoms with Gasteiger partial charge < -0.3 is 15.4 Å². The molecule has 1 aliphatic rings. The Morgan fingerprint density at radius 2 is 2.07 bits per heavy atom. The number of benzene rings is 2. The number of nitrogens with one attached hydrogen (secondary N) is 2. The van der Waals surface area contributed by atoms with Crippen LogP contribution in [0.3, 0.4) is 0 Å². The lowest BCUT2D eigenvalue weighted by Crippen LogP contribution is -2.25. The molecule has 0 spiro atoms. The van der Waals surface area contributed by atoms with Gasteiger partial charge in [0.05, 0.1) is 17.9 Å². The summed E-state index contributed by atoms with van der Waals surface area (Å²) >= 11 is 0. The third kappa shape index (κ3) is 4.62. The number of carbonyl (C=O) groups is 1. The number of nitrogens with zero attached hydrogens (tertiary/aromatic N) is 1. The fourth-order valence-corrected chi connectivity index (χ4v) is 3.26. The molecule has 5 nitrogen and oxygen atoms in total. The summed E-state index contributed by atoms with van der Waals surface area (Å²) in [6.07, 6.45) is -2.87. The highest BCUT2D eigenvalue weighted by Gasteiger charge is 2.35. The molecule has 9 heteroatoms. The number of aliphatic imine (C=N–C) groups is 1. The standard InChI is InChI=1S/C21H21F4N3O2/c1-3-12(11-30-2)27-17-8-7-13(9-15(17)21(23,24)25)26-10-14-19-16(22)5-4-6-18(19)28-20(14)29/h4-10,12,14,27H,3,11H2,1-2H3,(H,28,29). The third-order valence-electron chi connectivity index (χ3n) is 4.81. The summed E-state index contributed by atoms with van der Waals surface area (Å²) < 4.78 is 59.9. The van der Waals surface area contributed by atoms with Crippen LogP contribution in [0.4, 0.5) is 34.6 Å². The van der Waals surface area contributed by atoms with E-state index in [1.807, 2.05) is 6.92 Å². The van der Waals surface area contributed by atoms with Gasteiger partial charge in [0, 0.05) is 36.3 Å². The molecule has 0 bridgehead atoms. The van der Waals surface area contributed by atoms with E-state index in [0.717, 1.165) is 12.3 Å². The van der Waals surface area contributed by atoms with Crippen LogP contribution >= 0.6 is 0 Å². The Bertz CT molecular complexity index is 960. The van der Waals surface area contributed by atoms with Crippen molar-refractivity contribution in [2.45, 2.75) is 31.5 Å². The van der Waals surface area contributed by atoms with Crippen molar-refractivity contribution in [1.82, 2.24) is 0 Å². The van der Waals surface area contributed by atoms with E-state index in [1.165, 1.54) is 31.4 Å². The van der Waals surface area contributed by atoms with E-state index in [0.29, 0.717) is 12.1 Å². The largest absolute Gasteiger partial charge is 0.418 e. The molecule has 0 saturated carbocycles. The van der Waals surface area contributed by atoms with Gasteiger partial charge in [-0.2, -0.15) is 13.2 Å². The molecule has 2 atom stereocenters. The van der Waals surface area contributed by atoms with Crippen molar-refractivity contribution in [3.05, 3.63) is 53.3 Å². The lowest BCUT2D eigenvalue weighted by Gasteiger charge is -2.21. The number of hydrogen-bond acceptors (Lipinski definition) is 4. The summed E-state index contributed by atoms with van der Waals surface area (Å²) in [5.41, 5.74) is -0.499. The second-order valence-electron chi connectivity index (χ2n) is 6.88. The SMILES string of the molecule is CCC(COC)Nc1ccc(N=CC2C(=O)Nc3cccc(F)c32)cc1C(F)(F)F. The number of ether oxygens (including phenoxy) is 1. The van der Waals surface area contributed by atoms with Gasteiger partial charge in [-0.25, -0.2) is 4.39 Å². The van der Waals surface area contributed by atoms with E-state index in [1.54, 1.807) is 6.07 Å². The summed E-state index contributed by atoms with van der Waals surface area (Å²) in [5, 5.41) is 5.38. The predicted octanol–water partition coefficient (Wildman–Crippen LogP) is 5.12. The number of rotatable bonds is 7. The molecule has 3 rings (SSSR count). The van der Waals surface area contributed by atoms with Crippen molar-refractivity contribution in [3.8, 4) is 0 Å². The van der Waals surface area contributed by atoms with E-state index in [2.05, 4.69) is 15.6 Å². The van der Waals surface area contributed by atoms with Gasteiger partial charge in [0.15, 0.2) is 0 Å². The second-order valence-corrected chi connectivity index (χ2v) is 6.88. The van der Waals surface area contributed by atoms with Gasteiger partial charge in [-0.15, -0.1) is 0 Å². The molecule has 30 heavy (non-hydrogen) atoms. The van der Waals surface area contributed by atoms with Gasteiger partial charge in [-0.05, 0) is 36.8 Å². The molecular formula is C21H21F4N3O2. The molecule has 0 fully saturated rings. The minimum atomic E-state index is -4.61. The Labute approximate surface area is 171 Å². The average molecular weight is 423 g/mol. The zero-order valence-electron chi connectivity index (χ0n) is 16.4. The van der Waals surface area contributed by atoms with E-state index in [-0.39, 0.29) is 29.6 Å². The van der Waals surface area contributed by atoms with Crippen molar-refractivity contribution in [2.24, 2.45) is 4.99 Å². The summed E-state index contributed by atoms with van der Waals surface area (Å²) in [6.45, 7) is 2.10. The monoisotopic (exact) mass is 423 g/mol. The highest BCUT2D eigenvalue weighted by molar-refractivity contribution is 6.12. The first-order valence-corrected chi connectivity index (χ1v) is 9.34. The summed E-state index contributed by atoms with van der Waals surface area (Å²) in [7, 11) is 1.48. The molecule has 0 radical (unpaired) electrons. The smallest absolute Gasteiger partial charge is 0.383 e. The topological polar surface area (TPSA) is 62.7 Å². The molecule has 2 aromatic carbocycles. The normalized spacial score (nSPS) is 17.1. The summed E-state index contributed by atoms with van der Waals surface area (Å²) in [4.78, 5) is 16.2. The third-order valence-corrected chi connectivity index (χ3v) is 4.81. The Hall–Kier alpha value is -2.94. The van der Waals surface area contributed by atoms with Crippen LogP contribution < -0.4 is 10.6 Å². The van der Waals surface area contributed by atoms with Crippen LogP contribution in [-0.4, -0.2) is 31.9 Å². The Morgan fingerprint density at radius 3 is 2.73 bits per heavy atom. The summed E-state index contributed by atoms with van der Waals surface area (Å²) in [5.74, 6) is -2.08. The van der Waals surface area contributed by atoms with E-state index in [4.69, 9.17) is 4.74 Å². The number of alkyl halides is 3. The highest BCUT2D eigenvalue weighted by atomic mass is 19.4. The van der Waals surface area contributed by atoms with Crippen LogP contribution in [0.25, 0.3) is 0 Å². The van der Waals surface area contributed by atoms with Crippen LogP contribution in [0, 0.1) is 5.82 Å². The number of halogens is 4. The molecule has 1 heterocycles. The van der Waals surface area contributed by atoms with Gasteiger partial charge in [-0.3, -0.25) is 9.79 Å². The number of methoxy groups -OCH3 is 1. The van der Waals surface area contributed by atoms with Crippen LogP contribution in [0.1, 0.15) is 30.4 Å². The fourth-order valence-electron chi connectivity index (χ4n) is 3.26. The maximum atomic E-state index is 14.1. The quantitative estimate of drug-likeness (QED) is 0.480. The maximum absolute atomic E-state index is 14.1. The Kier molecular flexibility index (Phi) is 6.40. The summed E-state index contributed by atoms with van der Waals surface area (Å²) in [6, 6.07) is 7.53. The fraction of sp³-hybridized carbons (Fsp3) is 0.333. The molecule has 0 saturated heterocycles. The van der Waals surface area contributed by atoms with Gasteiger partial charge in [0.2, 0.25) is 5.91 Å². The van der Waals surface area contributed by atoms with Crippen LogP contribution in [0.15, 0.2) is 41.4 Å². The van der Waals surface area contributed by atoms with Crippen molar-refractivity contribution < 1.29 is 27.1 Å². The maximum Gasteiger partial charge on any atom is 0.418 e. The van der Waals surface area contributed by atoms with Crippen molar-refractivity contribution in [3.63, 3.8) is 0 Å². The molecule has 160 valence electrons. The van der Waals surface area contributed by atoms with Crippen molar-refractivity contribution in [2.75, 3.05) is 24.4 Å². The minimum Gasteiger partial charge on any atom is -0.383 e. The second kappa shape index (κ2) is 8.83. The average Bonchev–Trinajstić information content (AvgIpc) is 3.02. The molecule has 0 aromatic heterocycles. The molecule has 2 N–H and O–H groups in total. The molecule has 2 unspecified atom stereocenters. The van der Waals surface area contributed by atoms with Crippen LogP contribution in [0.2, 0.25) is 0 Å². The zero-order valence-corrected chi connectivity index (χ0v) is 16.4. The molecule has 1 amide bonds. The van der Waals surface area contributed by atoms with E-state index >= 15 is 0 Å². The first kappa shape index (κ1) is 21.8. The van der Waals surface area contributed by atoms with E-state index in [9.17, 15) is 22.4 Å². The van der Waals surface area contributed by atoms with Gasteiger partial charge in [0.25, 0.3) is 0 Å². The van der Waals surface area contributed by atoms with E-state index < -0.39 is 29.4 Å². The molecule has 1 aliphatic heterocycles. The van der Waals surface area contributed by atoms with Gasteiger partial charge in [-0.1, -0.05) is 13.0 Å². The van der Waals surface area contributed by atoms with Crippen LogP contribution in [0.5, 0.6) is 0 Å². The molecular weight excluding hydrogens is 402 g/mol. The minimum absolute atomic E-state index is 0.00487. The predicted molar refractivity (Wildman–Crippen MR) is 107 cm³/mol. The lowest BCUT2D eigenvalue weighted by molar-refractivity contribution is -0.137. The van der Waals surface area contributed by atoms with Crippen LogP contribution in [-0.2, 0) is 15.7 Å². The zero-order chi connectivity index (χ0) is 21.9. The lowest BCUT2D eigenvalue weighted by atomic mass is 10.0. The van der Waals surface area contributed by atoms with Crippen molar-refractivity contribution >= 4 is 29.2 Å². The van der Waals surface area contributed by atoms with Gasteiger partial charge >= 0.3 is 6.18 Å². The number of fused-ring (bicyclic) bond motifs is 1. The number of carbonyl (C=O) groups excluding carboxylic acids is 1.